The highest BCUT2D eigenvalue weighted by Gasteiger charge is 2.29. The van der Waals surface area contributed by atoms with Crippen LogP contribution in [0, 0.1) is 5.82 Å². The van der Waals surface area contributed by atoms with Gasteiger partial charge in [0.25, 0.3) is 0 Å². The van der Waals surface area contributed by atoms with Crippen molar-refractivity contribution < 1.29 is 27.1 Å². The predicted octanol–water partition coefficient (Wildman–Crippen LogP) is 2.66. The summed E-state index contributed by atoms with van der Waals surface area (Å²) in [6, 6.07) is 5.93. The molecule has 0 unspecified atom stereocenters. The summed E-state index contributed by atoms with van der Waals surface area (Å²) in [5, 5.41) is 2.10. The number of alkyl halides is 3. The van der Waals surface area contributed by atoms with Gasteiger partial charge in [0.2, 0.25) is 0 Å². The molecule has 0 saturated heterocycles. The van der Waals surface area contributed by atoms with Crippen molar-refractivity contribution in [3.63, 3.8) is 0 Å². The summed E-state index contributed by atoms with van der Waals surface area (Å²) < 4.78 is 52.1. The molecular formula is C11H11F4NO2. The molecule has 7 heteroatoms. The summed E-state index contributed by atoms with van der Waals surface area (Å²) in [5.74, 6) is -0.428. The Kier molecular flexibility index (Phi) is 4.94. The normalized spacial score (nSPS) is 11.1. The lowest BCUT2D eigenvalue weighted by atomic mass is 10.1. The molecule has 100 valence electrons. The standard InChI is InChI=1S/C11H11F4NO2/c12-9-4-2-1-3-8(9)5-6-16-10(17)18-7-11(13,14)15/h1-4H,5-7H2,(H,16,17). The number of ether oxygens (including phenoxy) is 1. The second-order valence-corrected chi connectivity index (χ2v) is 3.46. The fraction of sp³-hybridized carbons (Fsp3) is 0.364. The van der Waals surface area contributed by atoms with Gasteiger partial charge < -0.3 is 10.1 Å². The van der Waals surface area contributed by atoms with Crippen LogP contribution in [0.15, 0.2) is 24.3 Å². The molecule has 0 radical (unpaired) electrons. The predicted molar refractivity (Wildman–Crippen MR) is 55.5 cm³/mol. The molecule has 3 nitrogen and oxygen atoms in total. The zero-order chi connectivity index (χ0) is 13.6. The van der Waals surface area contributed by atoms with Crippen LogP contribution in [0.4, 0.5) is 22.4 Å². The second-order valence-electron chi connectivity index (χ2n) is 3.46. The van der Waals surface area contributed by atoms with Crippen molar-refractivity contribution in [1.82, 2.24) is 5.32 Å². The first-order chi connectivity index (χ1) is 8.38. The molecule has 0 fully saturated rings. The Balaban J connectivity index is 2.26. The summed E-state index contributed by atoms with van der Waals surface area (Å²) in [4.78, 5) is 10.8. The highest BCUT2D eigenvalue weighted by atomic mass is 19.4. The number of hydrogen-bond donors (Lipinski definition) is 1. The minimum atomic E-state index is -4.55. The van der Waals surface area contributed by atoms with Crippen molar-refractivity contribution in [2.75, 3.05) is 13.2 Å². The Morgan fingerprint density at radius 3 is 2.56 bits per heavy atom. The molecule has 1 N–H and O–H groups in total. The van der Waals surface area contributed by atoms with Crippen LogP contribution in [0.1, 0.15) is 5.56 Å². The first kappa shape index (κ1) is 14.3. The van der Waals surface area contributed by atoms with Crippen molar-refractivity contribution in [2.24, 2.45) is 0 Å². The van der Waals surface area contributed by atoms with Gasteiger partial charge in [-0.15, -0.1) is 0 Å². The number of carbonyl (C=O) groups excluding carboxylic acids is 1. The molecular weight excluding hydrogens is 254 g/mol. The van der Waals surface area contributed by atoms with Crippen LogP contribution in [-0.2, 0) is 11.2 Å². The molecule has 0 aliphatic rings. The third kappa shape index (κ3) is 5.51. The number of alkyl carbamates (subject to hydrolysis) is 1. The molecule has 1 aromatic rings. The SMILES string of the molecule is O=C(NCCc1ccccc1F)OCC(F)(F)F. The van der Waals surface area contributed by atoms with Gasteiger partial charge in [0.15, 0.2) is 6.61 Å². The average molecular weight is 265 g/mol. The quantitative estimate of drug-likeness (QED) is 0.850. The monoisotopic (exact) mass is 265 g/mol. The average Bonchev–Trinajstić information content (AvgIpc) is 2.28. The van der Waals surface area contributed by atoms with E-state index >= 15 is 0 Å². The minimum absolute atomic E-state index is 0.00236. The molecule has 1 aromatic carbocycles. The van der Waals surface area contributed by atoms with Crippen LogP contribution in [0.3, 0.4) is 0 Å². The molecule has 0 atom stereocenters. The number of halogens is 4. The van der Waals surface area contributed by atoms with Crippen molar-refractivity contribution in [1.29, 1.82) is 0 Å². The van der Waals surface area contributed by atoms with E-state index in [0.717, 1.165) is 0 Å². The molecule has 18 heavy (non-hydrogen) atoms. The van der Waals surface area contributed by atoms with E-state index in [0.29, 0.717) is 5.56 Å². The Morgan fingerprint density at radius 2 is 1.94 bits per heavy atom. The van der Waals surface area contributed by atoms with Gasteiger partial charge in [-0.05, 0) is 18.1 Å². The van der Waals surface area contributed by atoms with E-state index in [9.17, 15) is 22.4 Å². The first-order valence-electron chi connectivity index (χ1n) is 5.09. The van der Waals surface area contributed by atoms with E-state index in [1.807, 2.05) is 0 Å². The Morgan fingerprint density at radius 1 is 1.28 bits per heavy atom. The van der Waals surface area contributed by atoms with Gasteiger partial charge in [-0.2, -0.15) is 13.2 Å². The van der Waals surface area contributed by atoms with Crippen LogP contribution in [0.5, 0.6) is 0 Å². The van der Waals surface area contributed by atoms with Crippen LogP contribution >= 0.6 is 0 Å². The number of carbonyl (C=O) groups is 1. The molecule has 1 amide bonds. The van der Waals surface area contributed by atoms with Crippen LogP contribution in [-0.4, -0.2) is 25.4 Å². The Hall–Kier alpha value is -1.79. The molecule has 0 aliphatic heterocycles. The van der Waals surface area contributed by atoms with Gasteiger partial charge >= 0.3 is 12.3 Å². The van der Waals surface area contributed by atoms with Gasteiger partial charge in [0, 0.05) is 6.54 Å². The highest BCUT2D eigenvalue weighted by molar-refractivity contribution is 5.67. The number of nitrogens with one attached hydrogen (secondary N) is 1. The van der Waals surface area contributed by atoms with Gasteiger partial charge in [-0.1, -0.05) is 18.2 Å². The second kappa shape index (κ2) is 6.23. The molecule has 0 aromatic heterocycles. The lowest BCUT2D eigenvalue weighted by Gasteiger charge is -2.09. The van der Waals surface area contributed by atoms with Gasteiger partial charge in [0.05, 0.1) is 0 Å². The van der Waals surface area contributed by atoms with Crippen molar-refractivity contribution in [2.45, 2.75) is 12.6 Å². The van der Waals surface area contributed by atoms with E-state index < -0.39 is 24.7 Å². The Bertz CT molecular complexity index is 406. The van der Waals surface area contributed by atoms with E-state index in [1.165, 1.54) is 18.2 Å². The number of rotatable bonds is 4. The summed E-state index contributed by atoms with van der Waals surface area (Å²) in [5.41, 5.74) is 0.369. The number of hydrogen-bond acceptors (Lipinski definition) is 2. The van der Waals surface area contributed by atoms with Crippen LogP contribution in [0.25, 0.3) is 0 Å². The third-order valence-corrected chi connectivity index (χ3v) is 1.99. The van der Waals surface area contributed by atoms with Crippen LogP contribution in [0.2, 0.25) is 0 Å². The van der Waals surface area contributed by atoms with Gasteiger partial charge in [-0.25, -0.2) is 9.18 Å². The van der Waals surface area contributed by atoms with Gasteiger partial charge in [-0.3, -0.25) is 0 Å². The summed E-state index contributed by atoms with van der Waals surface area (Å²) in [6.45, 7) is -1.64. The smallest absolute Gasteiger partial charge is 0.422 e. The molecule has 1 rings (SSSR count). The molecule has 0 spiro atoms. The maximum atomic E-state index is 13.1. The van der Waals surface area contributed by atoms with E-state index in [-0.39, 0.29) is 13.0 Å². The Labute approximate surface area is 101 Å². The fourth-order valence-corrected chi connectivity index (χ4v) is 1.20. The minimum Gasteiger partial charge on any atom is -0.440 e. The van der Waals surface area contributed by atoms with Crippen molar-refractivity contribution in [3.05, 3.63) is 35.6 Å². The van der Waals surface area contributed by atoms with E-state index in [2.05, 4.69) is 10.1 Å². The largest absolute Gasteiger partial charge is 0.440 e. The highest BCUT2D eigenvalue weighted by Crippen LogP contribution is 2.14. The summed E-state index contributed by atoms with van der Waals surface area (Å²) in [7, 11) is 0. The van der Waals surface area contributed by atoms with Crippen molar-refractivity contribution >= 4 is 6.09 Å². The maximum absolute atomic E-state index is 13.1. The van der Waals surface area contributed by atoms with Gasteiger partial charge in [0.1, 0.15) is 5.82 Å². The number of benzene rings is 1. The third-order valence-electron chi connectivity index (χ3n) is 1.99. The number of amides is 1. The molecule has 0 heterocycles. The molecule has 0 aliphatic carbocycles. The fourth-order valence-electron chi connectivity index (χ4n) is 1.20. The summed E-state index contributed by atoms with van der Waals surface area (Å²) >= 11 is 0. The van der Waals surface area contributed by atoms with Crippen LogP contribution < -0.4 is 5.32 Å². The topological polar surface area (TPSA) is 38.3 Å². The van der Waals surface area contributed by atoms with E-state index in [1.54, 1.807) is 6.07 Å². The summed E-state index contributed by atoms with van der Waals surface area (Å²) in [6.07, 6.45) is -5.56. The zero-order valence-electron chi connectivity index (χ0n) is 9.26. The maximum Gasteiger partial charge on any atom is 0.422 e. The lowest BCUT2D eigenvalue weighted by molar-refractivity contribution is -0.160. The van der Waals surface area contributed by atoms with E-state index in [4.69, 9.17) is 0 Å². The zero-order valence-corrected chi connectivity index (χ0v) is 9.26. The molecule has 0 bridgehead atoms. The molecule has 0 saturated carbocycles. The lowest BCUT2D eigenvalue weighted by Crippen LogP contribution is -2.30. The first-order valence-corrected chi connectivity index (χ1v) is 5.09. The van der Waals surface area contributed by atoms with Crippen molar-refractivity contribution in [3.8, 4) is 0 Å².